The summed E-state index contributed by atoms with van der Waals surface area (Å²) >= 11 is 1.94. The quantitative estimate of drug-likeness (QED) is 0.731. The molecule has 2 aromatic rings. The van der Waals surface area contributed by atoms with Crippen LogP contribution in [0.5, 0.6) is 0 Å². The summed E-state index contributed by atoms with van der Waals surface area (Å²) < 4.78 is 5.53. The molecular formula is C23H33N5OS. The molecule has 0 atom stereocenters. The Morgan fingerprint density at radius 2 is 1.70 bits per heavy atom. The van der Waals surface area contributed by atoms with Gasteiger partial charge in [0, 0.05) is 50.7 Å². The summed E-state index contributed by atoms with van der Waals surface area (Å²) in [6.45, 7) is 10.3. The second kappa shape index (κ2) is 8.34. The van der Waals surface area contributed by atoms with Crippen molar-refractivity contribution in [2.75, 3.05) is 63.9 Å². The van der Waals surface area contributed by atoms with Gasteiger partial charge in [-0.2, -0.15) is 0 Å². The maximum atomic E-state index is 5.53. The molecule has 6 nitrogen and oxygen atoms in total. The summed E-state index contributed by atoms with van der Waals surface area (Å²) in [7, 11) is 0. The van der Waals surface area contributed by atoms with Gasteiger partial charge in [-0.15, -0.1) is 11.3 Å². The molecule has 0 amide bonds. The Bertz CT molecular complexity index is 897. The Hall–Kier alpha value is -1.28. The topological polar surface area (TPSA) is 44.7 Å². The fourth-order valence-corrected chi connectivity index (χ4v) is 6.52. The first kappa shape index (κ1) is 19.4. The third-order valence-corrected chi connectivity index (χ3v) is 8.38. The molecule has 2 aliphatic heterocycles. The van der Waals surface area contributed by atoms with E-state index in [1.807, 2.05) is 11.3 Å². The lowest BCUT2D eigenvalue weighted by atomic mass is 9.97. The number of hydrogen-bond donors (Lipinski definition) is 0. The van der Waals surface area contributed by atoms with Crippen LogP contribution < -0.4 is 4.90 Å². The van der Waals surface area contributed by atoms with Crippen molar-refractivity contribution >= 4 is 27.4 Å². The first-order chi connectivity index (χ1) is 14.8. The maximum Gasteiger partial charge on any atom is 0.146 e. The van der Waals surface area contributed by atoms with Gasteiger partial charge in [-0.3, -0.25) is 9.80 Å². The molecule has 2 aromatic heterocycles. The number of aryl methyl sites for hydroxylation is 2. The van der Waals surface area contributed by atoms with Gasteiger partial charge in [0.2, 0.25) is 0 Å². The van der Waals surface area contributed by atoms with Crippen LogP contribution >= 0.6 is 11.3 Å². The third-order valence-electron chi connectivity index (χ3n) is 7.20. The van der Waals surface area contributed by atoms with Crippen LogP contribution in [0.1, 0.15) is 41.9 Å². The van der Waals surface area contributed by atoms with Crippen molar-refractivity contribution in [3.05, 3.63) is 16.3 Å². The molecule has 3 fully saturated rings. The number of ether oxygens (including phenoxy) is 1. The van der Waals surface area contributed by atoms with E-state index in [2.05, 4.69) is 14.7 Å². The standard InChI is InChI=1S/C23H33N5OS/c1-2-4-19-18(3-1)21-22(28-9-7-26(8-10-28)15-17-5-6-17)24-20(25-23(21)30-19)16-27-11-13-29-14-12-27/h17H,1-16H2. The molecule has 2 aliphatic carbocycles. The van der Waals surface area contributed by atoms with E-state index in [-0.39, 0.29) is 0 Å². The van der Waals surface area contributed by atoms with E-state index in [0.29, 0.717) is 0 Å². The predicted molar refractivity (Wildman–Crippen MR) is 122 cm³/mol. The van der Waals surface area contributed by atoms with E-state index in [0.717, 1.165) is 57.7 Å². The highest BCUT2D eigenvalue weighted by Crippen LogP contribution is 2.40. The molecule has 4 heterocycles. The van der Waals surface area contributed by atoms with Gasteiger partial charge in [0.1, 0.15) is 16.5 Å². The van der Waals surface area contributed by atoms with Gasteiger partial charge < -0.3 is 9.64 Å². The highest BCUT2D eigenvalue weighted by Gasteiger charge is 2.29. The molecule has 0 spiro atoms. The summed E-state index contributed by atoms with van der Waals surface area (Å²) in [6, 6.07) is 0. The van der Waals surface area contributed by atoms with E-state index in [4.69, 9.17) is 14.7 Å². The van der Waals surface area contributed by atoms with Gasteiger partial charge in [-0.1, -0.05) is 0 Å². The summed E-state index contributed by atoms with van der Waals surface area (Å²) in [5.74, 6) is 3.21. The molecule has 0 unspecified atom stereocenters. The lowest BCUT2D eigenvalue weighted by Gasteiger charge is -2.36. The molecule has 2 saturated heterocycles. The molecule has 1 saturated carbocycles. The number of nitrogens with zero attached hydrogens (tertiary/aromatic N) is 5. The predicted octanol–water partition coefficient (Wildman–Crippen LogP) is 2.93. The molecule has 0 radical (unpaired) electrons. The zero-order chi connectivity index (χ0) is 19.9. The molecule has 7 heteroatoms. The Balaban J connectivity index is 1.31. The van der Waals surface area contributed by atoms with Crippen LogP contribution in [0.15, 0.2) is 0 Å². The van der Waals surface area contributed by atoms with Crippen molar-refractivity contribution in [2.45, 2.75) is 45.1 Å². The first-order valence-electron chi connectivity index (χ1n) is 11.9. The smallest absolute Gasteiger partial charge is 0.146 e. The number of piperazine rings is 1. The number of aromatic nitrogens is 2. The normalized spacial score (nSPS) is 23.8. The largest absolute Gasteiger partial charge is 0.379 e. The van der Waals surface area contributed by atoms with E-state index < -0.39 is 0 Å². The van der Waals surface area contributed by atoms with Gasteiger partial charge >= 0.3 is 0 Å². The van der Waals surface area contributed by atoms with Crippen molar-refractivity contribution in [1.82, 2.24) is 19.8 Å². The molecular weight excluding hydrogens is 394 g/mol. The molecule has 0 bridgehead atoms. The number of fused-ring (bicyclic) bond motifs is 3. The van der Waals surface area contributed by atoms with Crippen molar-refractivity contribution < 1.29 is 4.74 Å². The van der Waals surface area contributed by atoms with Gasteiger partial charge in [0.05, 0.1) is 25.1 Å². The van der Waals surface area contributed by atoms with Crippen LogP contribution in [0, 0.1) is 5.92 Å². The van der Waals surface area contributed by atoms with Crippen LogP contribution in [-0.4, -0.2) is 78.8 Å². The lowest BCUT2D eigenvalue weighted by Crippen LogP contribution is -2.47. The fraction of sp³-hybridized carbons (Fsp3) is 0.739. The molecule has 30 heavy (non-hydrogen) atoms. The summed E-state index contributed by atoms with van der Waals surface area (Å²) in [5.41, 5.74) is 1.56. The van der Waals surface area contributed by atoms with Gasteiger partial charge in [-0.05, 0) is 50.0 Å². The Kier molecular flexibility index (Phi) is 5.39. The minimum atomic E-state index is 0.825. The zero-order valence-electron chi connectivity index (χ0n) is 17.9. The SMILES string of the molecule is C1CCc2c(sc3nc(CN4CCOCC4)nc(N4CCN(CC5CC5)CC4)c23)C1. The fourth-order valence-electron chi connectivity index (χ4n) is 5.25. The molecule has 0 aromatic carbocycles. The van der Waals surface area contributed by atoms with Crippen LogP contribution in [0.25, 0.3) is 10.2 Å². The zero-order valence-corrected chi connectivity index (χ0v) is 18.8. The lowest BCUT2D eigenvalue weighted by molar-refractivity contribution is 0.0331. The van der Waals surface area contributed by atoms with Crippen molar-refractivity contribution in [2.24, 2.45) is 5.92 Å². The van der Waals surface area contributed by atoms with E-state index in [1.165, 1.54) is 74.2 Å². The molecule has 4 aliphatic rings. The first-order valence-corrected chi connectivity index (χ1v) is 12.7. The highest BCUT2D eigenvalue weighted by atomic mass is 32.1. The Labute approximate surface area is 183 Å². The Morgan fingerprint density at radius 1 is 0.900 bits per heavy atom. The molecule has 6 rings (SSSR count). The van der Waals surface area contributed by atoms with Crippen LogP contribution in [0.2, 0.25) is 0 Å². The Morgan fingerprint density at radius 3 is 2.50 bits per heavy atom. The van der Waals surface area contributed by atoms with Gasteiger partial charge in [0.25, 0.3) is 0 Å². The average Bonchev–Trinajstić information content (AvgIpc) is 3.52. The minimum Gasteiger partial charge on any atom is -0.379 e. The summed E-state index contributed by atoms with van der Waals surface area (Å²) in [6.07, 6.45) is 7.95. The van der Waals surface area contributed by atoms with E-state index >= 15 is 0 Å². The van der Waals surface area contributed by atoms with E-state index in [9.17, 15) is 0 Å². The number of morpholine rings is 1. The number of rotatable bonds is 5. The molecule has 0 N–H and O–H groups in total. The third kappa shape index (κ3) is 3.97. The van der Waals surface area contributed by atoms with E-state index in [1.54, 1.807) is 10.4 Å². The van der Waals surface area contributed by atoms with Crippen molar-refractivity contribution in [3.63, 3.8) is 0 Å². The minimum absolute atomic E-state index is 0.825. The summed E-state index contributed by atoms with van der Waals surface area (Å²) in [4.78, 5) is 20.8. The monoisotopic (exact) mass is 427 g/mol. The van der Waals surface area contributed by atoms with Gasteiger partial charge in [0.15, 0.2) is 0 Å². The number of anilines is 1. The van der Waals surface area contributed by atoms with Crippen LogP contribution in [0.4, 0.5) is 5.82 Å². The second-order valence-corrected chi connectivity index (χ2v) is 10.6. The van der Waals surface area contributed by atoms with Crippen molar-refractivity contribution in [1.29, 1.82) is 0 Å². The second-order valence-electron chi connectivity index (χ2n) is 9.47. The van der Waals surface area contributed by atoms with Gasteiger partial charge in [-0.25, -0.2) is 9.97 Å². The van der Waals surface area contributed by atoms with Crippen molar-refractivity contribution in [3.8, 4) is 0 Å². The van der Waals surface area contributed by atoms with Crippen LogP contribution in [0.3, 0.4) is 0 Å². The van der Waals surface area contributed by atoms with Crippen LogP contribution in [-0.2, 0) is 24.1 Å². The number of hydrogen-bond acceptors (Lipinski definition) is 7. The maximum absolute atomic E-state index is 5.53. The molecule has 162 valence electrons. The summed E-state index contributed by atoms with van der Waals surface area (Å²) in [5, 5.41) is 1.39. The highest BCUT2D eigenvalue weighted by molar-refractivity contribution is 7.19. The number of thiophene rings is 1. The average molecular weight is 428 g/mol.